The zero-order chi connectivity index (χ0) is 27.1. The molecule has 39 heavy (non-hydrogen) atoms. The van der Waals surface area contributed by atoms with E-state index in [0.29, 0.717) is 42.6 Å². The molecule has 0 aliphatic carbocycles. The van der Waals surface area contributed by atoms with Crippen LogP contribution in [-0.4, -0.2) is 60.8 Å². The highest BCUT2D eigenvalue weighted by Crippen LogP contribution is 2.31. The van der Waals surface area contributed by atoms with Gasteiger partial charge in [-0.25, -0.2) is 18.2 Å². The van der Waals surface area contributed by atoms with Gasteiger partial charge in [0.05, 0.1) is 22.3 Å². The maximum absolute atomic E-state index is 14.7. The third kappa shape index (κ3) is 4.67. The minimum Gasteiger partial charge on any atom is -0.487 e. The van der Waals surface area contributed by atoms with Crippen molar-refractivity contribution in [1.82, 2.24) is 35.7 Å². The van der Waals surface area contributed by atoms with E-state index in [9.17, 15) is 18.0 Å². The van der Waals surface area contributed by atoms with Gasteiger partial charge in [0.1, 0.15) is 17.7 Å². The normalized spacial score (nSPS) is 14.2. The number of aromatic amines is 1. The van der Waals surface area contributed by atoms with Gasteiger partial charge in [0.15, 0.2) is 11.6 Å². The van der Waals surface area contributed by atoms with Crippen LogP contribution in [0.5, 0.6) is 5.75 Å². The predicted octanol–water partition coefficient (Wildman–Crippen LogP) is 4.48. The van der Waals surface area contributed by atoms with Crippen molar-refractivity contribution < 1.29 is 27.2 Å². The van der Waals surface area contributed by atoms with E-state index in [1.54, 1.807) is 17.9 Å². The molecule has 1 fully saturated rings. The summed E-state index contributed by atoms with van der Waals surface area (Å²) in [5, 5.41) is 17.8. The molecule has 5 aromatic rings. The molecule has 1 aliphatic rings. The molecule has 0 bridgehead atoms. The molecule has 0 unspecified atom stereocenters. The Hall–Kier alpha value is -4.81. The lowest BCUT2D eigenvalue weighted by atomic mass is 10.0. The van der Waals surface area contributed by atoms with E-state index in [1.165, 1.54) is 18.2 Å². The summed E-state index contributed by atoms with van der Waals surface area (Å²) in [6.45, 7) is 2.35. The average molecular weight is 535 g/mol. The number of carbonyl (C=O) groups excluding carboxylic acids is 1. The first kappa shape index (κ1) is 24.5. The summed E-state index contributed by atoms with van der Waals surface area (Å²) >= 11 is 0. The average Bonchev–Trinajstić information content (AvgIpc) is 3.61. The van der Waals surface area contributed by atoms with Crippen LogP contribution in [0.4, 0.5) is 13.2 Å². The van der Waals surface area contributed by atoms with Gasteiger partial charge in [-0.3, -0.25) is 4.79 Å². The predicted molar refractivity (Wildman–Crippen MR) is 131 cm³/mol. The molecule has 1 amide bonds. The molecule has 198 valence electrons. The third-order valence-electron chi connectivity index (χ3n) is 6.61. The second-order valence-corrected chi connectivity index (χ2v) is 9.12. The van der Waals surface area contributed by atoms with E-state index < -0.39 is 17.5 Å². The van der Waals surface area contributed by atoms with Gasteiger partial charge in [0, 0.05) is 37.1 Å². The Labute approximate surface area is 218 Å². The second-order valence-electron chi connectivity index (χ2n) is 9.12. The number of H-pyrrole nitrogens is 1. The van der Waals surface area contributed by atoms with Crippen molar-refractivity contribution in [2.45, 2.75) is 25.9 Å². The van der Waals surface area contributed by atoms with Gasteiger partial charge in [-0.15, -0.1) is 10.2 Å². The number of likely N-dealkylation sites (tertiary alicyclic amines) is 1. The number of hydrogen-bond acceptors (Lipinski definition) is 8. The van der Waals surface area contributed by atoms with Crippen LogP contribution in [0.25, 0.3) is 33.7 Å². The molecule has 0 spiro atoms. The number of pyridine rings is 1. The van der Waals surface area contributed by atoms with Crippen LogP contribution < -0.4 is 4.74 Å². The van der Waals surface area contributed by atoms with E-state index in [2.05, 4.69) is 30.8 Å². The lowest BCUT2D eigenvalue weighted by molar-refractivity contribution is 0.0590. The van der Waals surface area contributed by atoms with Crippen molar-refractivity contribution >= 4 is 17.0 Å². The van der Waals surface area contributed by atoms with Crippen molar-refractivity contribution in [3.8, 4) is 28.4 Å². The number of benzene rings is 2. The van der Waals surface area contributed by atoms with E-state index in [0.717, 1.165) is 18.2 Å². The number of rotatable bonds is 5. The van der Waals surface area contributed by atoms with Crippen molar-refractivity contribution in [1.29, 1.82) is 0 Å². The number of nitrogens with zero attached hydrogens (tertiary/aromatic N) is 6. The Kier molecular flexibility index (Phi) is 6.17. The molecule has 0 saturated carbocycles. The van der Waals surface area contributed by atoms with E-state index in [4.69, 9.17) is 9.26 Å². The fourth-order valence-corrected chi connectivity index (χ4v) is 4.64. The Balaban J connectivity index is 1.20. The first-order valence-electron chi connectivity index (χ1n) is 12.1. The van der Waals surface area contributed by atoms with Crippen LogP contribution in [0.3, 0.4) is 0 Å². The van der Waals surface area contributed by atoms with Crippen LogP contribution in [0.2, 0.25) is 0 Å². The number of halogens is 3. The van der Waals surface area contributed by atoms with Crippen molar-refractivity contribution in [3.63, 3.8) is 0 Å². The molecular weight excluding hydrogens is 515 g/mol. The molecule has 2 aromatic carbocycles. The first-order valence-corrected chi connectivity index (χ1v) is 12.1. The molecule has 6 rings (SSSR count). The largest absolute Gasteiger partial charge is 0.487 e. The van der Waals surface area contributed by atoms with E-state index in [-0.39, 0.29) is 46.1 Å². The number of amides is 1. The number of nitrogens with one attached hydrogen (secondary N) is 1. The summed E-state index contributed by atoms with van der Waals surface area (Å²) in [5.41, 5.74) is 1.13. The molecule has 10 nitrogen and oxygen atoms in total. The standard InChI is InChI=1S/C26H20F3N7O3/c1-13-23-18(12-21(30-25(23)39-33-13)17-11-15(27)3-4-19(17)28)26(37)36-8-6-16(7-9-36)38-22-5-2-14(10-20(22)29)24-31-34-35-32-24/h2-5,10-12,16H,6-9H2,1H3,(H,31,32,34,35). The van der Waals surface area contributed by atoms with Gasteiger partial charge in [-0.05, 0) is 54.6 Å². The van der Waals surface area contributed by atoms with Gasteiger partial charge in [0.25, 0.3) is 11.6 Å². The van der Waals surface area contributed by atoms with Crippen LogP contribution in [0, 0.1) is 24.4 Å². The number of carbonyl (C=O) groups is 1. The van der Waals surface area contributed by atoms with Gasteiger partial charge in [0.2, 0.25) is 5.82 Å². The molecule has 13 heteroatoms. The summed E-state index contributed by atoms with van der Waals surface area (Å²) in [7, 11) is 0. The highest BCUT2D eigenvalue weighted by Gasteiger charge is 2.29. The molecule has 0 atom stereocenters. The number of ether oxygens (including phenoxy) is 1. The quantitative estimate of drug-likeness (QED) is 0.350. The van der Waals surface area contributed by atoms with E-state index in [1.807, 2.05) is 0 Å². The molecule has 4 heterocycles. The number of fused-ring (bicyclic) bond motifs is 1. The van der Waals surface area contributed by atoms with Crippen molar-refractivity contribution in [2.75, 3.05) is 13.1 Å². The minimum atomic E-state index is -0.687. The monoisotopic (exact) mass is 535 g/mol. The van der Waals surface area contributed by atoms with Gasteiger partial charge in [-0.1, -0.05) is 5.16 Å². The number of piperidine rings is 1. The Morgan fingerprint density at radius 1 is 1.08 bits per heavy atom. The fraction of sp³-hybridized carbons (Fsp3) is 0.231. The smallest absolute Gasteiger partial charge is 0.259 e. The summed E-state index contributed by atoms with van der Waals surface area (Å²) in [6.07, 6.45) is 0.603. The molecular formula is C26H20F3N7O3. The number of aromatic nitrogens is 6. The molecule has 3 aromatic heterocycles. The summed E-state index contributed by atoms with van der Waals surface area (Å²) in [6, 6.07) is 8.85. The second kappa shape index (κ2) is 9.82. The lowest BCUT2D eigenvalue weighted by Crippen LogP contribution is -2.42. The third-order valence-corrected chi connectivity index (χ3v) is 6.61. The maximum Gasteiger partial charge on any atom is 0.259 e. The molecule has 1 saturated heterocycles. The molecule has 0 radical (unpaired) electrons. The Bertz CT molecular complexity index is 1680. The zero-order valence-electron chi connectivity index (χ0n) is 20.5. The Morgan fingerprint density at radius 2 is 1.90 bits per heavy atom. The maximum atomic E-state index is 14.7. The minimum absolute atomic E-state index is 0.0509. The zero-order valence-corrected chi connectivity index (χ0v) is 20.5. The van der Waals surface area contributed by atoms with Gasteiger partial charge >= 0.3 is 0 Å². The van der Waals surface area contributed by atoms with Crippen LogP contribution in [-0.2, 0) is 0 Å². The summed E-state index contributed by atoms with van der Waals surface area (Å²) in [5.74, 6) is -1.87. The topological polar surface area (TPSA) is 123 Å². The van der Waals surface area contributed by atoms with Crippen LogP contribution in [0.1, 0.15) is 28.9 Å². The highest BCUT2D eigenvalue weighted by atomic mass is 19.1. The van der Waals surface area contributed by atoms with Gasteiger partial charge < -0.3 is 14.2 Å². The highest BCUT2D eigenvalue weighted by molar-refractivity contribution is 6.07. The van der Waals surface area contributed by atoms with Crippen molar-refractivity contribution in [2.24, 2.45) is 0 Å². The molecule has 1 aliphatic heterocycles. The number of aryl methyl sites for hydroxylation is 1. The van der Waals surface area contributed by atoms with E-state index >= 15 is 0 Å². The van der Waals surface area contributed by atoms with Gasteiger partial charge in [-0.2, -0.15) is 5.21 Å². The van der Waals surface area contributed by atoms with Crippen molar-refractivity contribution in [3.05, 3.63) is 71.2 Å². The summed E-state index contributed by atoms with van der Waals surface area (Å²) in [4.78, 5) is 19.5. The summed E-state index contributed by atoms with van der Waals surface area (Å²) < 4.78 is 54.2. The fourth-order valence-electron chi connectivity index (χ4n) is 4.64. The number of tetrazole rings is 1. The number of hydrogen-bond donors (Lipinski definition) is 1. The molecule has 1 N–H and O–H groups in total. The lowest BCUT2D eigenvalue weighted by Gasteiger charge is -2.32. The van der Waals surface area contributed by atoms with Crippen LogP contribution in [0.15, 0.2) is 47.0 Å². The van der Waals surface area contributed by atoms with Crippen LogP contribution >= 0.6 is 0 Å². The SMILES string of the molecule is Cc1noc2nc(-c3cc(F)ccc3F)cc(C(=O)N3CCC(Oc4ccc(-c5nn[nH]n5)cc4F)CC3)c12. The first-order chi connectivity index (χ1) is 18.9. The Morgan fingerprint density at radius 3 is 2.64 bits per heavy atom.